The van der Waals surface area contributed by atoms with Crippen LogP contribution in [0.25, 0.3) is 10.8 Å². The first-order chi connectivity index (χ1) is 8.70. The van der Waals surface area contributed by atoms with E-state index in [1.165, 1.54) is 0 Å². The number of fused-ring (bicyclic) bond motifs is 1. The molecule has 0 aliphatic rings. The van der Waals surface area contributed by atoms with E-state index in [-0.39, 0.29) is 17.5 Å². The van der Waals surface area contributed by atoms with Crippen LogP contribution in [0.15, 0.2) is 36.4 Å². The summed E-state index contributed by atoms with van der Waals surface area (Å²) >= 11 is 5.42. The molecule has 0 unspecified atom stereocenters. The lowest BCUT2D eigenvalue weighted by atomic mass is 10.1. The molecule has 0 atom stereocenters. The smallest absolute Gasteiger partial charge is 0.239 e. The number of rotatable bonds is 2. The number of halogens is 1. The van der Waals surface area contributed by atoms with Crippen molar-refractivity contribution in [1.29, 1.82) is 0 Å². The lowest BCUT2D eigenvalue weighted by Crippen LogP contribution is -2.12. The summed E-state index contributed by atoms with van der Waals surface area (Å²) < 4.78 is 0. The highest BCUT2D eigenvalue weighted by molar-refractivity contribution is 6.29. The van der Waals surface area contributed by atoms with Gasteiger partial charge in [-0.05, 0) is 23.6 Å². The number of hydrogen-bond donors (Lipinski definition) is 2. The Morgan fingerprint density at radius 1 is 1.28 bits per heavy atom. The van der Waals surface area contributed by atoms with E-state index in [0.29, 0.717) is 5.69 Å². The van der Waals surface area contributed by atoms with Crippen LogP contribution in [0.3, 0.4) is 0 Å². The Balaban J connectivity index is 0.000000771. The number of hydrogen-bond acceptors (Lipinski definition) is 2. The molecule has 3 nitrogen and oxygen atoms in total. The topological polar surface area (TPSA) is 49.3 Å². The van der Waals surface area contributed by atoms with Crippen LogP contribution in [-0.2, 0) is 4.79 Å². The molecule has 0 aliphatic heterocycles. The maximum Gasteiger partial charge on any atom is 0.239 e. The predicted octanol–water partition coefficient (Wildman–Crippen LogP) is 3.75. The van der Waals surface area contributed by atoms with Crippen LogP contribution < -0.4 is 5.32 Å². The van der Waals surface area contributed by atoms with Gasteiger partial charge in [0.15, 0.2) is 0 Å². The van der Waals surface area contributed by atoms with Gasteiger partial charge < -0.3 is 10.4 Å². The van der Waals surface area contributed by atoms with Gasteiger partial charge in [-0.25, -0.2) is 0 Å². The number of carbonyl (C=O) groups excluding carboxylic acids is 1. The average Bonchev–Trinajstić information content (AvgIpc) is 2.41. The summed E-state index contributed by atoms with van der Waals surface area (Å²) in [5.41, 5.74) is 0.652. The molecule has 0 heterocycles. The molecule has 2 aromatic carbocycles. The first-order valence-electron chi connectivity index (χ1n) is 5.78. The Kier molecular flexibility index (Phi) is 5.46. The van der Waals surface area contributed by atoms with E-state index in [9.17, 15) is 9.90 Å². The van der Waals surface area contributed by atoms with E-state index < -0.39 is 0 Å². The molecular formula is C14H16ClNO2. The summed E-state index contributed by atoms with van der Waals surface area (Å²) in [6, 6.07) is 10.5. The van der Waals surface area contributed by atoms with Gasteiger partial charge in [0.2, 0.25) is 5.91 Å². The van der Waals surface area contributed by atoms with E-state index in [1.54, 1.807) is 24.3 Å². The molecule has 2 rings (SSSR count). The van der Waals surface area contributed by atoms with Gasteiger partial charge in [0.1, 0.15) is 11.6 Å². The van der Waals surface area contributed by atoms with Crippen LogP contribution in [0.1, 0.15) is 13.8 Å². The zero-order chi connectivity index (χ0) is 13.5. The van der Waals surface area contributed by atoms with E-state index in [1.807, 2.05) is 26.0 Å². The van der Waals surface area contributed by atoms with Crippen molar-refractivity contribution in [2.24, 2.45) is 0 Å². The van der Waals surface area contributed by atoms with E-state index in [2.05, 4.69) is 5.32 Å². The Bertz CT molecular complexity index is 540. The third-order valence-electron chi connectivity index (χ3n) is 2.26. The lowest BCUT2D eigenvalue weighted by molar-refractivity contribution is -0.113. The minimum atomic E-state index is -0.266. The molecule has 1 amide bonds. The second kappa shape index (κ2) is 6.87. The minimum absolute atomic E-state index is 0.0881. The first-order valence-corrected chi connectivity index (χ1v) is 6.32. The number of benzene rings is 2. The molecule has 4 heteroatoms. The van der Waals surface area contributed by atoms with Crippen LogP contribution in [0, 0.1) is 0 Å². The molecule has 0 saturated heterocycles. The maximum absolute atomic E-state index is 11.2. The van der Waals surface area contributed by atoms with Crippen LogP contribution >= 0.6 is 11.6 Å². The summed E-state index contributed by atoms with van der Waals surface area (Å²) in [5.74, 6) is -0.188. The maximum atomic E-state index is 11.2. The monoisotopic (exact) mass is 265 g/mol. The summed E-state index contributed by atoms with van der Waals surface area (Å²) in [4.78, 5) is 11.2. The molecule has 0 bridgehead atoms. The van der Waals surface area contributed by atoms with Crippen molar-refractivity contribution in [2.45, 2.75) is 13.8 Å². The molecule has 0 radical (unpaired) electrons. The molecule has 0 aliphatic carbocycles. The standard InChI is InChI=1S/C12H10ClNO2.C2H6/c13-7-12(16)14-11-3-1-2-8-4-5-9(15)6-10(8)11;1-2/h1-6,15H,7H2,(H,14,16);1-2H3. The van der Waals surface area contributed by atoms with E-state index in [4.69, 9.17) is 11.6 Å². The second-order valence-electron chi connectivity index (χ2n) is 3.39. The second-order valence-corrected chi connectivity index (χ2v) is 3.66. The fourth-order valence-electron chi connectivity index (χ4n) is 1.55. The highest BCUT2D eigenvalue weighted by Gasteiger charge is 2.04. The molecular weight excluding hydrogens is 250 g/mol. The highest BCUT2D eigenvalue weighted by Crippen LogP contribution is 2.26. The quantitative estimate of drug-likeness (QED) is 0.813. The minimum Gasteiger partial charge on any atom is -0.508 e. The lowest BCUT2D eigenvalue weighted by Gasteiger charge is -2.07. The van der Waals surface area contributed by atoms with Crippen molar-refractivity contribution in [3.05, 3.63) is 36.4 Å². The number of aromatic hydroxyl groups is 1. The SMILES string of the molecule is CC.O=C(CCl)Nc1cccc2ccc(O)cc12. The van der Waals surface area contributed by atoms with Crippen molar-refractivity contribution in [3.63, 3.8) is 0 Å². The molecule has 2 aromatic rings. The van der Waals surface area contributed by atoms with Gasteiger partial charge in [-0.15, -0.1) is 11.6 Å². The molecule has 2 N–H and O–H groups in total. The zero-order valence-corrected chi connectivity index (χ0v) is 11.2. The Morgan fingerprint density at radius 2 is 2.00 bits per heavy atom. The van der Waals surface area contributed by atoms with Crippen LogP contribution in [-0.4, -0.2) is 16.9 Å². The zero-order valence-electron chi connectivity index (χ0n) is 10.4. The van der Waals surface area contributed by atoms with Gasteiger partial charge in [0, 0.05) is 11.1 Å². The van der Waals surface area contributed by atoms with Gasteiger partial charge in [-0.2, -0.15) is 0 Å². The molecule has 0 aromatic heterocycles. The van der Waals surface area contributed by atoms with Gasteiger partial charge in [-0.1, -0.05) is 32.0 Å². The van der Waals surface area contributed by atoms with Gasteiger partial charge in [0.05, 0.1) is 0 Å². The Morgan fingerprint density at radius 3 is 2.67 bits per heavy atom. The molecule has 0 spiro atoms. The molecule has 0 fully saturated rings. The molecule has 96 valence electrons. The number of alkyl halides is 1. The third kappa shape index (κ3) is 3.37. The van der Waals surface area contributed by atoms with Crippen molar-refractivity contribution in [3.8, 4) is 5.75 Å². The number of amides is 1. The van der Waals surface area contributed by atoms with E-state index >= 15 is 0 Å². The number of nitrogens with one attached hydrogen (secondary N) is 1. The molecule has 18 heavy (non-hydrogen) atoms. The normalized spacial score (nSPS) is 9.50. The summed E-state index contributed by atoms with van der Waals surface area (Å²) in [6.07, 6.45) is 0. The Labute approximate surface area is 111 Å². The number of phenols is 1. The fraction of sp³-hybridized carbons (Fsp3) is 0.214. The van der Waals surface area contributed by atoms with Gasteiger partial charge in [0.25, 0.3) is 0 Å². The summed E-state index contributed by atoms with van der Waals surface area (Å²) in [5, 5.41) is 13.8. The predicted molar refractivity (Wildman–Crippen MR) is 76.3 cm³/mol. The van der Waals surface area contributed by atoms with Crippen LogP contribution in [0.4, 0.5) is 5.69 Å². The summed E-state index contributed by atoms with van der Waals surface area (Å²) in [7, 11) is 0. The number of carbonyl (C=O) groups is 1. The van der Waals surface area contributed by atoms with E-state index in [0.717, 1.165) is 10.8 Å². The fourth-order valence-corrected chi connectivity index (χ4v) is 1.62. The Hall–Kier alpha value is -1.74. The first kappa shape index (κ1) is 14.3. The van der Waals surface area contributed by atoms with Crippen molar-refractivity contribution >= 4 is 34.0 Å². The molecule has 0 saturated carbocycles. The summed E-state index contributed by atoms with van der Waals surface area (Å²) in [6.45, 7) is 4.00. The van der Waals surface area contributed by atoms with Crippen molar-refractivity contribution in [1.82, 2.24) is 0 Å². The average molecular weight is 266 g/mol. The van der Waals surface area contributed by atoms with Gasteiger partial charge in [-0.3, -0.25) is 4.79 Å². The highest BCUT2D eigenvalue weighted by atomic mass is 35.5. The van der Waals surface area contributed by atoms with Crippen LogP contribution in [0.5, 0.6) is 5.75 Å². The van der Waals surface area contributed by atoms with Crippen molar-refractivity contribution < 1.29 is 9.90 Å². The number of anilines is 1. The third-order valence-corrected chi connectivity index (χ3v) is 2.50. The van der Waals surface area contributed by atoms with Crippen LogP contribution in [0.2, 0.25) is 0 Å². The van der Waals surface area contributed by atoms with Crippen molar-refractivity contribution in [2.75, 3.05) is 11.2 Å². The number of phenolic OH excluding ortho intramolecular Hbond substituents is 1. The van der Waals surface area contributed by atoms with Gasteiger partial charge >= 0.3 is 0 Å². The largest absolute Gasteiger partial charge is 0.508 e.